The number of carbonyl (C=O) groups is 3. The first-order valence-electron chi connectivity index (χ1n) is 12.4. The van der Waals surface area contributed by atoms with Crippen molar-refractivity contribution >= 4 is 23.7 Å². The third-order valence-corrected chi connectivity index (χ3v) is 6.42. The second kappa shape index (κ2) is 12.1. The summed E-state index contributed by atoms with van der Waals surface area (Å²) in [5, 5.41) is 10.9. The Hall–Kier alpha value is -4.60. The average molecular weight is 596 g/mol. The summed E-state index contributed by atoms with van der Waals surface area (Å²) in [6.45, 7) is -1.87. The number of halogens is 5. The van der Waals surface area contributed by atoms with Crippen molar-refractivity contribution < 1.29 is 41.1 Å². The summed E-state index contributed by atoms with van der Waals surface area (Å²) in [6, 6.07) is 4.67. The van der Waals surface area contributed by atoms with Crippen LogP contribution in [0.3, 0.4) is 0 Å². The second-order valence-electron chi connectivity index (χ2n) is 9.45. The lowest BCUT2D eigenvalue weighted by atomic mass is 10.0. The van der Waals surface area contributed by atoms with Crippen molar-refractivity contribution in [3.8, 4) is 0 Å². The van der Waals surface area contributed by atoms with Gasteiger partial charge in [-0.1, -0.05) is 12.1 Å². The zero-order valence-electron chi connectivity index (χ0n) is 22.3. The van der Waals surface area contributed by atoms with Gasteiger partial charge in [0.15, 0.2) is 0 Å². The number of anilines is 1. The molecule has 0 radical (unpaired) electrons. The highest BCUT2D eigenvalue weighted by molar-refractivity contribution is 6.00. The van der Waals surface area contributed by atoms with Crippen molar-refractivity contribution in [2.75, 3.05) is 32.1 Å². The first-order chi connectivity index (χ1) is 19.8. The van der Waals surface area contributed by atoms with Gasteiger partial charge in [0, 0.05) is 26.6 Å². The van der Waals surface area contributed by atoms with E-state index in [1.54, 1.807) is 0 Å². The number of rotatable bonds is 9. The highest BCUT2D eigenvalue weighted by Gasteiger charge is 2.42. The Bertz CT molecular complexity index is 1460. The summed E-state index contributed by atoms with van der Waals surface area (Å²) in [5.74, 6) is -5.05. The van der Waals surface area contributed by atoms with Crippen LogP contribution in [-0.4, -0.2) is 70.2 Å². The molecule has 16 heteroatoms. The number of carbonyl (C=O) groups excluding carboxylic acids is 3. The largest absolute Gasteiger partial charge is 0.416 e. The Kier molecular flexibility index (Phi) is 8.75. The number of methoxy groups -OCH3 is 1. The summed E-state index contributed by atoms with van der Waals surface area (Å²) in [4.78, 5) is 43.7. The van der Waals surface area contributed by atoms with Crippen LogP contribution < -0.4 is 16.0 Å². The molecule has 42 heavy (non-hydrogen) atoms. The number of ether oxygens (including phenoxy) is 1. The molecule has 1 saturated heterocycles. The Morgan fingerprint density at radius 2 is 1.90 bits per heavy atom. The van der Waals surface area contributed by atoms with Crippen LogP contribution in [0.15, 0.2) is 54.9 Å². The number of nitrogens with one attached hydrogen (secondary N) is 3. The predicted octanol–water partition coefficient (Wildman–Crippen LogP) is 3.29. The maximum atomic E-state index is 14.1. The third-order valence-electron chi connectivity index (χ3n) is 6.42. The van der Waals surface area contributed by atoms with Gasteiger partial charge in [-0.25, -0.2) is 18.6 Å². The number of hydrogen-bond donors (Lipinski definition) is 3. The van der Waals surface area contributed by atoms with Crippen LogP contribution in [0.2, 0.25) is 0 Å². The molecule has 4 rings (SSSR count). The lowest BCUT2D eigenvalue weighted by molar-refractivity contribution is -0.137. The highest BCUT2D eigenvalue weighted by atomic mass is 19.4. The standard InChI is InChI=1S/C26H26F5N7O4/c1-37-18(7-9-34-37)22(39)36-21(16-4-3-5-17(10-16)26(29,30)31)23(40)35-20-11-15(6-8-32-20)19(12-42-2)38-14-25(27,28)13-33-24(38)41/h3-11,19,21H,12-14H2,1-2H3,(H,33,41)(H,36,39)(H,32,35,40)/t19-,21+/m1/s1. The first kappa shape index (κ1) is 30.4. The van der Waals surface area contributed by atoms with Crippen molar-refractivity contribution in [3.63, 3.8) is 0 Å². The number of hydrogen-bond acceptors (Lipinski definition) is 6. The maximum Gasteiger partial charge on any atom is 0.416 e. The quantitative estimate of drug-likeness (QED) is 0.326. The minimum atomic E-state index is -4.72. The van der Waals surface area contributed by atoms with Gasteiger partial charge in [-0.3, -0.25) is 14.3 Å². The molecule has 2 atom stereocenters. The van der Waals surface area contributed by atoms with E-state index in [1.165, 1.54) is 55.5 Å². The molecule has 2 aromatic heterocycles. The fourth-order valence-electron chi connectivity index (χ4n) is 4.38. The van der Waals surface area contributed by atoms with E-state index in [9.17, 15) is 36.3 Å². The van der Waals surface area contributed by atoms with E-state index in [1.807, 2.05) is 0 Å². The van der Waals surface area contributed by atoms with Gasteiger partial charge in [0.1, 0.15) is 17.6 Å². The van der Waals surface area contributed by atoms with Crippen LogP contribution in [0.5, 0.6) is 0 Å². The summed E-state index contributed by atoms with van der Waals surface area (Å²) < 4.78 is 74.9. The number of amides is 4. The van der Waals surface area contributed by atoms with E-state index < -0.39 is 60.7 Å². The minimum Gasteiger partial charge on any atom is -0.382 e. The summed E-state index contributed by atoms with van der Waals surface area (Å²) >= 11 is 0. The third kappa shape index (κ3) is 6.99. The van der Waals surface area contributed by atoms with E-state index >= 15 is 0 Å². The highest BCUT2D eigenvalue weighted by Crippen LogP contribution is 2.32. The molecule has 0 spiro atoms. The van der Waals surface area contributed by atoms with Gasteiger partial charge < -0.3 is 25.6 Å². The number of aryl methyl sites for hydroxylation is 1. The van der Waals surface area contributed by atoms with Gasteiger partial charge in [-0.05, 0) is 41.5 Å². The van der Waals surface area contributed by atoms with Crippen LogP contribution >= 0.6 is 0 Å². The minimum absolute atomic E-state index is 0.0407. The Morgan fingerprint density at radius 1 is 1.14 bits per heavy atom. The second-order valence-corrected chi connectivity index (χ2v) is 9.45. The maximum absolute atomic E-state index is 14.1. The molecule has 0 saturated carbocycles. The van der Waals surface area contributed by atoms with Crippen molar-refractivity contribution in [3.05, 3.63) is 77.2 Å². The number of urea groups is 1. The molecule has 1 fully saturated rings. The molecule has 3 heterocycles. The molecule has 0 bridgehead atoms. The lowest BCUT2D eigenvalue weighted by Crippen LogP contribution is -2.58. The number of aromatic nitrogens is 3. The molecule has 4 amide bonds. The predicted molar refractivity (Wildman–Crippen MR) is 137 cm³/mol. The van der Waals surface area contributed by atoms with Crippen molar-refractivity contribution in [2.24, 2.45) is 7.05 Å². The van der Waals surface area contributed by atoms with Gasteiger partial charge in [-0.15, -0.1) is 0 Å². The molecule has 0 aliphatic carbocycles. The summed E-state index contributed by atoms with van der Waals surface area (Å²) in [6.07, 6.45) is -2.13. The van der Waals surface area contributed by atoms with Gasteiger partial charge >= 0.3 is 12.2 Å². The van der Waals surface area contributed by atoms with Crippen LogP contribution in [0.25, 0.3) is 0 Å². The Labute approximate surface area is 236 Å². The molecule has 224 valence electrons. The van der Waals surface area contributed by atoms with Crippen molar-refractivity contribution in [2.45, 2.75) is 24.2 Å². The van der Waals surface area contributed by atoms with Gasteiger partial charge in [0.25, 0.3) is 17.7 Å². The normalized spacial score (nSPS) is 16.4. The average Bonchev–Trinajstić information content (AvgIpc) is 3.37. The topological polar surface area (TPSA) is 130 Å². The Morgan fingerprint density at radius 3 is 2.57 bits per heavy atom. The number of pyridine rings is 1. The molecular formula is C26H26F5N7O4. The summed E-state index contributed by atoms with van der Waals surface area (Å²) in [7, 11) is 2.79. The van der Waals surface area contributed by atoms with E-state index in [0.717, 1.165) is 23.1 Å². The molecule has 11 nitrogen and oxygen atoms in total. The van der Waals surface area contributed by atoms with E-state index in [0.29, 0.717) is 0 Å². The van der Waals surface area contributed by atoms with Gasteiger partial charge in [0.2, 0.25) is 0 Å². The number of benzene rings is 1. The van der Waals surface area contributed by atoms with Gasteiger partial charge in [0.05, 0.1) is 31.3 Å². The van der Waals surface area contributed by atoms with Crippen LogP contribution in [0.1, 0.15) is 39.3 Å². The fourth-order valence-corrected chi connectivity index (χ4v) is 4.38. The summed E-state index contributed by atoms with van der Waals surface area (Å²) in [5.41, 5.74) is -0.881. The van der Waals surface area contributed by atoms with Crippen LogP contribution in [0.4, 0.5) is 32.6 Å². The fraction of sp³-hybridized carbons (Fsp3) is 0.346. The molecule has 3 aromatic rings. The SMILES string of the molecule is COC[C@H](c1ccnc(NC(=O)[C@@H](NC(=O)c2ccnn2C)c2cccc(C(F)(F)F)c2)c1)N1CC(F)(F)CNC1=O. The zero-order valence-corrected chi connectivity index (χ0v) is 22.3. The smallest absolute Gasteiger partial charge is 0.382 e. The van der Waals surface area contributed by atoms with Crippen LogP contribution in [-0.2, 0) is 22.8 Å². The molecule has 1 aliphatic heterocycles. The molecule has 3 N–H and O–H groups in total. The van der Waals surface area contributed by atoms with E-state index in [2.05, 4.69) is 26.0 Å². The monoisotopic (exact) mass is 595 g/mol. The first-order valence-corrected chi connectivity index (χ1v) is 12.4. The van der Waals surface area contributed by atoms with E-state index in [-0.39, 0.29) is 29.2 Å². The van der Waals surface area contributed by atoms with Crippen LogP contribution in [0, 0.1) is 0 Å². The molecule has 1 aliphatic rings. The van der Waals surface area contributed by atoms with Crippen molar-refractivity contribution in [1.82, 2.24) is 30.3 Å². The molecular weight excluding hydrogens is 569 g/mol. The van der Waals surface area contributed by atoms with Gasteiger partial charge in [-0.2, -0.15) is 18.3 Å². The number of nitrogens with zero attached hydrogens (tertiary/aromatic N) is 4. The molecule has 1 aromatic carbocycles. The zero-order chi connectivity index (χ0) is 30.7. The molecule has 0 unspecified atom stereocenters. The van der Waals surface area contributed by atoms with Crippen molar-refractivity contribution in [1.29, 1.82) is 0 Å². The number of alkyl halides is 5. The Balaban J connectivity index is 1.64. The lowest BCUT2D eigenvalue weighted by Gasteiger charge is -2.38. The van der Waals surface area contributed by atoms with E-state index in [4.69, 9.17) is 4.74 Å².